The third-order valence-corrected chi connectivity index (χ3v) is 4.33. The molecule has 2 aromatic rings. The van der Waals surface area contributed by atoms with Crippen LogP contribution in [-0.4, -0.2) is 21.1 Å². The van der Waals surface area contributed by atoms with Crippen LogP contribution in [0.3, 0.4) is 0 Å². The average Bonchev–Trinajstić information content (AvgIpc) is 2.87. The zero-order valence-electron chi connectivity index (χ0n) is 11.8. The number of allylic oxidation sites excluding steroid dienone is 2. The second kappa shape index (κ2) is 4.62. The van der Waals surface area contributed by atoms with Gasteiger partial charge in [-0.05, 0) is 30.5 Å². The molecule has 2 heterocycles. The number of benzene rings is 1. The maximum absolute atomic E-state index is 12.5. The highest BCUT2D eigenvalue weighted by Gasteiger charge is 2.37. The van der Waals surface area contributed by atoms with Gasteiger partial charge in [0.15, 0.2) is 5.78 Å². The van der Waals surface area contributed by atoms with Crippen LogP contribution in [0.2, 0.25) is 0 Å². The molecule has 0 saturated heterocycles. The number of Topliss-reactive ketones (excluding diaryl/α,β-unsaturated/α-hetero) is 1. The van der Waals surface area contributed by atoms with Crippen molar-refractivity contribution in [1.29, 1.82) is 0 Å². The molecule has 4 rings (SSSR count). The van der Waals surface area contributed by atoms with Crippen LogP contribution in [0.5, 0.6) is 5.75 Å². The number of aromatic amines is 2. The lowest BCUT2D eigenvalue weighted by Crippen LogP contribution is -2.29. The van der Waals surface area contributed by atoms with E-state index in [4.69, 9.17) is 0 Å². The summed E-state index contributed by atoms with van der Waals surface area (Å²) in [6.07, 6.45) is 2.08. The number of anilines is 1. The Labute approximate surface area is 125 Å². The van der Waals surface area contributed by atoms with Gasteiger partial charge in [-0.25, -0.2) is 0 Å². The van der Waals surface area contributed by atoms with Crippen LogP contribution >= 0.6 is 0 Å². The second-order valence-electron chi connectivity index (χ2n) is 5.69. The van der Waals surface area contributed by atoms with Crippen LogP contribution in [0.15, 0.2) is 40.3 Å². The summed E-state index contributed by atoms with van der Waals surface area (Å²) in [5.41, 5.74) is 2.51. The van der Waals surface area contributed by atoms with Crippen LogP contribution in [0.4, 0.5) is 5.82 Å². The molecule has 1 aromatic heterocycles. The van der Waals surface area contributed by atoms with Crippen molar-refractivity contribution in [2.24, 2.45) is 0 Å². The maximum Gasteiger partial charge on any atom is 0.270 e. The lowest BCUT2D eigenvalue weighted by atomic mass is 9.77. The number of ketones is 1. The van der Waals surface area contributed by atoms with E-state index in [0.29, 0.717) is 23.4 Å². The summed E-state index contributed by atoms with van der Waals surface area (Å²) in [6, 6.07) is 6.74. The number of aromatic nitrogens is 2. The molecule has 4 N–H and O–H groups in total. The van der Waals surface area contributed by atoms with Gasteiger partial charge in [-0.1, -0.05) is 12.1 Å². The molecule has 1 aliphatic heterocycles. The van der Waals surface area contributed by atoms with Crippen molar-refractivity contribution in [3.8, 4) is 5.75 Å². The molecule has 0 radical (unpaired) electrons. The summed E-state index contributed by atoms with van der Waals surface area (Å²) in [5.74, 6) is 0.344. The van der Waals surface area contributed by atoms with E-state index in [1.165, 1.54) is 0 Å². The van der Waals surface area contributed by atoms with Crippen LogP contribution < -0.4 is 10.9 Å². The Bertz CT molecular complexity index is 860. The Morgan fingerprint density at radius 2 is 2.00 bits per heavy atom. The Morgan fingerprint density at radius 1 is 1.14 bits per heavy atom. The summed E-state index contributed by atoms with van der Waals surface area (Å²) < 4.78 is 0. The number of fused-ring (bicyclic) bond motifs is 1. The Hall–Kier alpha value is -2.76. The smallest absolute Gasteiger partial charge is 0.270 e. The van der Waals surface area contributed by atoms with Gasteiger partial charge in [-0.15, -0.1) is 0 Å². The SMILES string of the molecule is O=C1CCCC2=C1C(c1cccc(O)c1)c1c([nH][nH]c1=O)N2. The fourth-order valence-electron chi connectivity index (χ4n) is 3.40. The van der Waals surface area contributed by atoms with Crippen molar-refractivity contribution in [3.05, 3.63) is 57.0 Å². The minimum atomic E-state index is -0.443. The molecule has 1 unspecified atom stereocenters. The molecule has 6 nitrogen and oxygen atoms in total. The number of aromatic hydroxyl groups is 1. The molecule has 0 saturated carbocycles. The van der Waals surface area contributed by atoms with E-state index in [9.17, 15) is 14.7 Å². The highest BCUT2D eigenvalue weighted by atomic mass is 16.3. The average molecular weight is 297 g/mol. The molecule has 1 aromatic carbocycles. The first-order chi connectivity index (χ1) is 10.6. The maximum atomic E-state index is 12.5. The topological polar surface area (TPSA) is 98.0 Å². The summed E-state index contributed by atoms with van der Waals surface area (Å²) >= 11 is 0. The third kappa shape index (κ3) is 1.80. The fourth-order valence-corrected chi connectivity index (χ4v) is 3.40. The van der Waals surface area contributed by atoms with Crippen molar-refractivity contribution >= 4 is 11.6 Å². The molecule has 1 atom stereocenters. The minimum absolute atomic E-state index is 0.0633. The number of carbonyl (C=O) groups excluding carboxylic acids is 1. The molecule has 2 aliphatic rings. The molecule has 0 spiro atoms. The lowest BCUT2D eigenvalue weighted by molar-refractivity contribution is -0.116. The van der Waals surface area contributed by atoms with Crippen molar-refractivity contribution in [2.75, 3.05) is 5.32 Å². The van der Waals surface area contributed by atoms with Crippen LogP contribution in [0.1, 0.15) is 36.3 Å². The molecular weight excluding hydrogens is 282 g/mol. The zero-order valence-corrected chi connectivity index (χ0v) is 11.8. The number of phenols is 1. The quantitative estimate of drug-likeness (QED) is 0.647. The van der Waals surface area contributed by atoms with Crippen molar-refractivity contribution < 1.29 is 9.90 Å². The predicted molar refractivity (Wildman–Crippen MR) is 80.9 cm³/mol. The molecule has 22 heavy (non-hydrogen) atoms. The molecule has 1 aliphatic carbocycles. The molecule has 6 heteroatoms. The second-order valence-corrected chi connectivity index (χ2v) is 5.69. The van der Waals surface area contributed by atoms with Crippen molar-refractivity contribution in [3.63, 3.8) is 0 Å². The van der Waals surface area contributed by atoms with Gasteiger partial charge in [0.1, 0.15) is 11.6 Å². The third-order valence-electron chi connectivity index (χ3n) is 4.33. The molecular formula is C16H15N3O3. The van der Waals surface area contributed by atoms with Gasteiger partial charge < -0.3 is 10.4 Å². The highest BCUT2D eigenvalue weighted by molar-refractivity contribution is 6.00. The first-order valence-corrected chi connectivity index (χ1v) is 7.28. The fraction of sp³-hybridized carbons (Fsp3) is 0.250. The summed E-state index contributed by atoms with van der Waals surface area (Å²) in [4.78, 5) is 24.6. The van der Waals surface area contributed by atoms with Crippen LogP contribution in [0.25, 0.3) is 0 Å². The standard InChI is InChI=1S/C16H15N3O3/c20-9-4-1-3-8(7-9)12-13-10(5-2-6-11(13)21)17-15-14(12)16(22)19-18-15/h1,3-4,7,12,20H,2,5-6H2,(H3,17,18,19,22). The first kappa shape index (κ1) is 12.9. The number of nitrogens with one attached hydrogen (secondary N) is 3. The van der Waals surface area contributed by atoms with Crippen molar-refractivity contribution in [1.82, 2.24) is 10.2 Å². The van der Waals surface area contributed by atoms with E-state index >= 15 is 0 Å². The van der Waals surface area contributed by atoms with Crippen molar-refractivity contribution in [2.45, 2.75) is 25.2 Å². The Morgan fingerprint density at radius 3 is 2.82 bits per heavy atom. The Kier molecular flexibility index (Phi) is 2.72. The van der Waals surface area contributed by atoms with Gasteiger partial charge >= 0.3 is 0 Å². The number of H-pyrrole nitrogens is 2. The molecule has 0 fully saturated rings. The predicted octanol–water partition coefficient (Wildman–Crippen LogP) is 1.97. The van der Waals surface area contributed by atoms with E-state index in [2.05, 4.69) is 15.5 Å². The lowest BCUT2D eigenvalue weighted by Gasteiger charge is -2.31. The zero-order chi connectivity index (χ0) is 15.3. The molecule has 112 valence electrons. The number of carbonyl (C=O) groups is 1. The first-order valence-electron chi connectivity index (χ1n) is 7.28. The normalized spacial score (nSPS) is 20.4. The van der Waals surface area contributed by atoms with Gasteiger partial charge in [-0.3, -0.25) is 19.8 Å². The Balaban J connectivity index is 1.98. The van der Waals surface area contributed by atoms with Crippen LogP contribution in [-0.2, 0) is 4.79 Å². The van der Waals surface area contributed by atoms with Gasteiger partial charge in [-0.2, -0.15) is 0 Å². The van der Waals surface area contributed by atoms with Gasteiger partial charge in [0.05, 0.1) is 5.56 Å². The number of rotatable bonds is 1. The monoisotopic (exact) mass is 297 g/mol. The summed E-state index contributed by atoms with van der Waals surface area (Å²) in [7, 11) is 0. The van der Waals surface area contributed by atoms with E-state index < -0.39 is 5.92 Å². The number of hydrogen-bond acceptors (Lipinski definition) is 4. The summed E-state index contributed by atoms with van der Waals surface area (Å²) in [6.45, 7) is 0. The molecule has 0 amide bonds. The van der Waals surface area contributed by atoms with Gasteiger partial charge in [0.25, 0.3) is 5.56 Å². The number of hydrogen-bond donors (Lipinski definition) is 4. The summed E-state index contributed by atoms with van der Waals surface area (Å²) in [5, 5.41) is 18.3. The minimum Gasteiger partial charge on any atom is -0.508 e. The highest BCUT2D eigenvalue weighted by Crippen LogP contribution is 2.43. The van der Waals surface area contributed by atoms with E-state index in [0.717, 1.165) is 24.1 Å². The molecule has 0 bridgehead atoms. The van der Waals surface area contributed by atoms with Crippen LogP contribution in [0, 0.1) is 0 Å². The number of phenolic OH excluding ortho intramolecular Hbond substituents is 1. The van der Waals surface area contributed by atoms with Gasteiger partial charge in [0.2, 0.25) is 0 Å². The van der Waals surface area contributed by atoms with E-state index in [1.807, 2.05) is 6.07 Å². The largest absolute Gasteiger partial charge is 0.508 e. The van der Waals surface area contributed by atoms with E-state index in [1.54, 1.807) is 18.2 Å². The van der Waals surface area contributed by atoms with Gasteiger partial charge in [0, 0.05) is 23.6 Å². The van der Waals surface area contributed by atoms with E-state index in [-0.39, 0.29) is 17.1 Å².